The first-order chi connectivity index (χ1) is 11.6. The third-order valence-corrected chi connectivity index (χ3v) is 3.97. The summed E-state index contributed by atoms with van der Waals surface area (Å²) in [5.41, 5.74) is 5.17. The number of amides is 2. The number of aryl methyl sites for hydroxylation is 1. The van der Waals surface area contributed by atoms with Crippen molar-refractivity contribution in [2.24, 2.45) is 0 Å². The third-order valence-electron chi connectivity index (χ3n) is 3.63. The zero-order valence-electron chi connectivity index (χ0n) is 13.0. The normalized spacial score (nSPS) is 16.2. The number of anilines is 1. The zero-order valence-corrected chi connectivity index (χ0v) is 13.7. The smallest absolute Gasteiger partial charge is 0.267 e. The second-order valence-corrected chi connectivity index (χ2v) is 5.79. The predicted octanol–water partition coefficient (Wildman–Crippen LogP) is 3.67. The Morgan fingerprint density at radius 2 is 1.75 bits per heavy atom. The number of halogens is 1. The van der Waals surface area contributed by atoms with Gasteiger partial charge in [-0.2, -0.15) is 0 Å². The summed E-state index contributed by atoms with van der Waals surface area (Å²) < 4.78 is 0. The van der Waals surface area contributed by atoms with Crippen LogP contribution in [0.3, 0.4) is 0 Å². The van der Waals surface area contributed by atoms with Crippen molar-refractivity contribution >= 4 is 35.2 Å². The number of carbonyl (C=O) groups excluding carboxylic acids is 2. The first-order valence-corrected chi connectivity index (χ1v) is 7.79. The molecule has 1 N–H and O–H groups in total. The highest BCUT2D eigenvalue weighted by atomic mass is 35.5. The van der Waals surface area contributed by atoms with Crippen LogP contribution in [-0.2, 0) is 9.59 Å². The second kappa shape index (κ2) is 6.72. The van der Waals surface area contributed by atoms with Gasteiger partial charge < -0.3 is 0 Å². The van der Waals surface area contributed by atoms with Crippen LogP contribution in [-0.4, -0.2) is 11.8 Å². The van der Waals surface area contributed by atoms with Gasteiger partial charge >= 0.3 is 0 Å². The molecule has 0 spiro atoms. The van der Waals surface area contributed by atoms with Crippen molar-refractivity contribution in [2.75, 3.05) is 5.01 Å². The maximum atomic E-state index is 12.4. The number of hydrogen-bond acceptors (Lipinski definition) is 2. The lowest BCUT2D eigenvalue weighted by Crippen LogP contribution is -2.35. The van der Waals surface area contributed by atoms with E-state index in [-0.39, 0.29) is 11.5 Å². The van der Waals surface area contributed by atoms with Gasteiger partial charge in [0.15, 0.2) is 0 Å². The van der Waals surface area contributed by atoms with Gasteiger partial charge in [0.2, 0.25) is 0 Å². The number of hydrogen-bond donors (Lipinski definition) is 1. The Morgan fingerprint density at radius 3 is 2.46 bits per heavy atom. The molecule has 2 aromatic rings. The fraction of sp³-hybridized carbons (Fsp3) is 0.0526. The largest absolute Gasteiger partial charge is 0.282 e. The molecule has 0 unspecified atom stereocenters. The van der Waals surface area contributed by atoms with Crippen LogP contribution in [0.4, 0.5) is 5.69 Å². The summed E-state index contributed by atoms with van der Waals surface area (Å²) in [5.74, 6) is -0.808. The van der Waals surface area contributed by atoms with Crippen LogP contribution >= 0.6 is 11.6 Å². The highest BCUT2D eigenvalue weighted by Crippen LogP contribution is 2.21. The van der Waals surface area contributed by atoms with Crippen LogP contribution in [0, 0.1) is 6.92 Å². The lowest BCUT2D eigenvalue weighted by Gasteiger charge is -2.14. The fourth-order valence-electron chi connectivity index (χ4n) is 2.31. The van der Waals surface area contributed by atoms with Crippen molar-refractivity contribution in [1.82, 2.24) is 5.43 Å². The highest BCUT2D eigenvalue weighted by molar-refractivity contribution is 6.32. The Morgan fingerprint density at radius 1 is 1.04 bits per heavy atom. The standard InChI is InChI=1S/C19H15ClN2O2/c1-13-9-11-15(12-10-13)22-19(24)16(18(23)21-22)7-4-6-14-5-2-3-8-17(14)20/h2-12H,1H3,(H,21,23)/b6-4+,16-7+. The topological polar surface area (TPSA) is 49.4 Å². The van der Waals surface area contributed by atoms with Crippen LogP contribution in [0.1, 0.15) is 11.1 Å². The molecule has 0 aliphatic carbocycles. The molecular weight excluding hydrogens is 324 g/mol. The number of nitrogens with zero attached hydrogens (tertiary/aromatic N) is 1. The number of benzene rings is 2. The van der Waals surface area contributed by atoms with Crippen molar-refractivity contribution in [3.63, 3.8) is 0 Å². The van der Waals surface area contributed by atoms with Crippen LogP contribution < -0.4 is 10.4 Å². The molecule has 4 nitrogen and oxygen atoms in total. The van der Waals surface area contributed by atoms with Gasteiger partial charge in [0.1, 0.15) is 5.57 Å². The molecule has 3 rings (SSSR count). The molecule has 0 bridgehead atoms. The van der Waals surface area contributed by atoms with Gasteiger partial charge in [-0.25, -0.2) is 5.01 Å². The SMILES string of the molecule is Cc1ccc(N2NC(=O)/C(=C\C=C\c3ccccc3Cl)C2=O)cc1. The Hall–Kier alpha value is -2.85. The lowest BCUT2D eigenvalue weighted by atomic mass is 10.1. The second-order valence-electron chi connectivity index (χ2n) is 5.38. The van der Waals surface area contributed by atoms with Crippen molar-refractivity contribution < 1.29 is 9.59 Å². The molecule has 0 saturated carbocycles. The minimum Gasteiger partial charge on any atom is -0.267 e. The fourth-order valence-corrected chi connectivity index (χ4v) is 2.51. The summed E-state index contributed by atoms with van der Waals surface area (Å²) >= 11 is 6.07. The summed E-state index contributed by atoms with van der Waals surface area (Å²) in [5, 5.41) is 1.85. The molecule has 1 heterocycles. The summed E-state index contributed by atoms with van der Waals surface area (Å²) in [6.45, 7) is 1.96. The molecule has 1 aliphatic heterocycles. The van der Waals surface area contributed by atoms with Crippen molar-refractivity contribution in [2.45, 2.75) is 6.92 Å². The van der Waals surface area contributed by atoms with Crippen LogP contribution in [0.25, 0.3) is 6.08 Å². The van der Waals surface area contributed by atoms with Gasteiger partial charge in [-0.15, -0.1) is 0 Å². The molecular formula is C19H15ClN2O2. The molecule has 0 radical (unpaired) electrons. The molecule has 120 valence electrons. The third kappa shape index (κ3) is 3.24. The molecule has 1 saturated heterocycles. The van der Waals surface area contributed by atoms with Gasteiger partial charge in [0.05, 0.1) is 5.69 Å². The molecule has 0 atom stereocenters. The Labute approximate surface area is 145 Å². The average Bonchev–Trinajstić information content (AvgIpc) is 2.85. The zero-order chi connectivity index (χ0) is 17.1. The van der Waals surface area contributed by atoms with E-state index in [1.807, 2.05) is 37.3 Å². The Balaban J connectivity index is 1.81. The van der Waals surface area contributed by atoms with Crippen molar-refractivity contribution in [3.8, 4) is 0 Å². The molecule has 2 aromatic carbocycles. The van der Waals surface area contributed by atoms with E-state index in [4.69, 9.17) is 11.6 Å². The van der Waals surface area contributed by atoms with Crippen molar-refractivity contribution in [1.29, 1.82) is 0 Å². The van der Waals surface area contributed by atoms with Crippen LogP contribution in [0.15, 0.2) is 66.3 Å². The lowest BCUT2D eigenvalue weighted by molar-refractivity contribution is -0.117. The predicted molar refractivity (Wildman–Crippen MR) is 95.4 cm³/mol. The number of rotatable bonds is 3. The number of allylic oxidation sites excluding steroid dienone is 2. The van der Waals surface area contributed by atoms with E-state index in [0.717, 1.165) is 11.1 Å². The highest BCUT2D eigenvalue weighted by Gasteiger charge is 2.33. The van der Waals surface area contributed by atoms with Crippen molar-refractivity contribution in [3.05, 3.63) is 82.4 Å². The summed E-state index contributed by atoms with van der Waals surface area (Å²) in [7, 11) is 0. The van der Waals surface area contributed by atoms with E-state index in [1.165, 1.54) is 11.1 Å². The Kier molecular flexibility index (Phi) is 4.49. The molecule has 1 aliphatic rings. The van der Waals surface area contributed by atoms with E-state index >= 15 is 0 Å². The Bertz CT molecular complexity index is 854. The van der Waals surface area contributed by atoms with Gasteiger partial charge in [-0.3, -0.25) is 15.0 Å². The van der Waals surface area contributed by atoms with Gasteiger partial charge in [-0.1, -0.05) is 59.6 Å². The summed E-state index contributed by atoms with van der Waals surface area (Å²) in [6, 6.07) is 14.7. The van der Waals surface area contributed by atoms with E-state index in [0.29, 0.717) is 10.7 Å². The maximum absolute atomic E-state index is 12.4. The van der Waals surface area contributed by atoms with Gasteiger partial charge in [0.25, 0.3) is 11.8 Å². The maximum Gasteiger partial charge on any atom is 0.282 e. The first kappa shape index (κ1) is 16.0. The molecule has 5 heteroatoms. The molecule has 1 fully saturated rings. The molecule has 2 amide bonds. The first-order valence-electron chi connectivity index (χ1n) is 7.41. The average molecular weight is 339 g/mol. The number of nitrogens with one attached hydrogen (secondary N) is 1. The quantitative estimate of drug-likeness (QED) is 0.685. The summed E-state index contributed by atoms with van der Waals surface area (Å²) in [4.78, 5) is 24.5. The minimum absolute atomic E-state index is 0.0823. The molecule has 0 aromatic heterocycles. The van der Waals surface area contributed by atoms with Crippen LogP contribution in [0.5, 0.6) is 0 Å². The van der Waals surface area contributed by atoms with E-state index < -0.39 is 5.91 Å². The minimum atomic E-state index is -0.426. The molecule has 24 heavy (non-hydrogen) atoms. The monoisotopic (exact) mass is 338 g/mol. The number of hydrazine groups is 1. The van der Waals surface area contributed by atoms with Gasteiger partial charge in [0, 0.05) is 5.02 Å². The summed E-state index contributed by atoms with van der Waals surface area (Å²) in [6.07, 6.45) is 4.90. The van der Waals surface area contributed by atoms with Crippen LogP contribution in [0.2, 0.25) is 5.02 Å². The van der Waals surface area contributed by atoms with E-state index in [1.54, 1.807) is 30.4 Å². The van der Waals surface area contributed by atoms with E-state index in [2.05, 4.69) is 5.43 Å². The number of carbonyl (C=O) groups is 2. The van der Waals surface area contributed by atoms with E-state index in [9.17, 15) is 9.59 Å². The van der Waals surface area contributed by atoms with Gasteiger partial charge in [-0.05, 0) is 36.8 Å².